The normalized spacial score (nSPS) is 9.81. The lowest BCUT2D eigenvalue weighted by Crippen LogP contribution is -2.27. The van der Waals surface area contributed by atoms with Crippen molar-refractivity contribution < 1.29 is 5.11 Å². The first-order valence-corrected chi connectivity index (χ1v) is 6.11. The fourth-order valence-corrected chi connectivity index (χ4v) is 1.07. The largest absolute Gasteiger partial charge is 0.389 e. The van der Waals surface area contributed by atoms with Crippen LogP contribution in [0.25, 0.3) is 0 Å². The molecule has 0 unspecified atom stereocenters. The molecule has 0 atom stereocenters. The molecule has 1 rings (SSSR count). The molecule has 0 aliphatic rings. The van der Waals surface area contributed by atoms with Crippen LogP contribution in [0.4, 0.5) is 0 Å². The van der Waals surface area contributed by atoms with Gasteiger partial charge in [-0.2, -0.15) is 5.10 Å². The molecule has 0 radical (unpaired) electrons. The molecule has 0 spiro atoms. The first kappa shape index (κ1) is 17.6. The smallest absolute Gasteiger partial charge is 0.0786 e. The molecule has 0 saturated carbocycles. The van der Waals surface area contributed by atoms with Crippen LogP contribution in [0, 0.1) is 13.8 Å². The summed E-state index contributed by atoms with van der Waals surface area (Å²) in [5.74, 6) is 0. The third kappa shape index (κ3) is 6.62. The van der Waals surface area contributed by atoms with Crippen molar-refractivity contribution in [1.82, 2.24) is 9.78 Å². The van der Waals surface area contributed by atoms with Crippen molar-refractivity contribution in [3.63, 3.8) is 0 Å². The summed E-state index contributed by atoms with van der Waals surface area (Å²) in [6.45, 7) is 16.1. The maximum atomic E-state index is 9.54. The number of aromatic nitrogens is 2. The molecule has 0 bridgehead atoms. The van der Waals surface area contributed by atoms with Gasteiger partial charge < -0.3 is 5.11 Å². The Morgan fingerprint density at radius 2 is 1.62 bits per heavy atom. The fourth-order valence-electron chi connectivity index (χ4n) is 1.07. The number of hydrogen-bond acceptors (Lipinski definition) is 2. The predicted octanol–water partition coefficient (Wildman–Crippen LogP) is 3.32. The number of aliphatic hydroxyl groups is 1. The van der Waals surface area contributed by atoms with Gasteiger partial charge in [0.25, 0.3) is 0 Å². The van der Waals surface area contributed by atoms with Crippen molar-refractivity contribution in [1.29, 1.82) is 0 Å². The maximum absolute atomic E-state index is 9.54. The Kier molecular flexibility index (Phi) is 9.15. The summed E-state index contributed by atoms with van der Waals surface area (Å²) in [4.78, 5) is 0. The standard InChI is InChI=1S/C9H16N2O.2C2H6/c1-7-5-10-11(8(7)2)6-9(3,4)12;2*1-2/h5,12H,6H2,1-4H3;2*1-2H3. The highest BCUT2D eigenvalue weighted by molar-refractivity contribution is 5.13. The zero-order valence-electron chi connectivity index (χ0n) is 12.1. The van der Waals surface area contributed by atoms with Gasteiger partial charge in [0.2, 0.25) is 0 Å². The van der Waals surface area contributed by atoms with Gasteiger partial charge in [-0.1, -0.05) is 27.7 Å². The fraction of sp³-hybridized carbons (Fsp3) is 0.769. The molecule has 0 saturated heterocycles. The van der Waals surface area contributed by atoms with Crippen LogP contribution in [0.3, 0.4) is 0 Å². The van der Waals surface area contributed by atoms with Gasteiger partial charge in [-0.3, -0.25) is 4.68 Å². The van der Waals surface area contributed by atoms with E-state index in [4.69, 9.17) is 0 Å². The monoisotopic (exact) mass is 228 g/mol. The summed E-state index contributed by atoms with van der Waals surface area (Å²) in [7, 11) is 0. The molecule has 1 N–H and O–H groups in total. The van der Waals surface area contributed by atoms with E-state index >= 15 is 0 Å². The van der Waals surface area contributed by atoms with Crippen LogP contribution in [0.1, 0.15) is 52.8 Å². The molecule has 0 amide bonds. The lowest BCUT2D eigenvalue weighted by molar-refractivity contribution is 0.0570. The van der Waals surface area contributed by atoms with Gasteiger partial charge in [0.15, 0.2) is 0 Å². The zero-order valence-corrected chi connectivity index (χ0v) is 12.1. The predicted molar refractivity (Wildman–Crippen MR) is 70.7 cm³/mol. The van der Waals surface area contributed by atoms with Gasteiger partial charge in [0.05, 0.1) is 18.3 Å². The Balaban J connectivity index is 0. The first-order valence-electron chi connectivity index (χ1n) is 6.11. The first-order chi connectivity index (χ1) is 7.40. The topological polar surface area (TPSA) is 38.0 Å². The summed E-state index contributed by atoms with van der Waals surface area (Å²) in [6.07, 6.45) is 1.82. The summed E-state index contributed by atoms with van der Waals surface area (Å²) in [5.41, 5.74) is 1.60. The van der Waals surface area contributed by atoms with Gasteiger partial charge in [-0.05, 0) is 33.3 Å². The minimum Gasteiger partial charge on any atom is -0.389 e. The van der Waals surface area contributed by atoms with Crippen LogP contribution in [-0.2, 0) is 6.54 Å². The van der Waals surface area contributed by atoms with Gasteiger partial charge in [-0.15, -0.1) is 0 Å². The second-order valence-electron chi connectivity index (χ2n) is 3.88. The molecule has 0 aromatic carbocycles. The second-order valence-corrected chi connectivity index (χ2v) is 3.88. The van der Waals surface area contributed by atoms with Gasteiger partial charge in [0, 0.05) is 5.69 Å². The van der Waals surface area contributed by atoms with Gasteiger partial charge >= 0.3 is 0 Å². The summed E-state index contributed by atoms with van der Waals surface area (Å²) in [6, 6.07) is 0. The molecule has 16 heavy (non-hydrogen) atoms. The number of rotatable bonds is 2. The molecular weight excluding hydrogens is 200 g/mol. The van der Waals surface area contributed by atoms with Gasteiger partial charge in [-0.25, -0.2) is 0 Å². The van der Waals surface area contributed by atoms with E-state index in [0.29, 0.717) is 6.54 Å². The Morgan fingerprint density at radius 1 is 1.19 bits per heavy atom. The van der Waals surface area contributed by atoms with E-state index in [9.17, 15) is 5.11 Å². The number of hydrogen-bond donors (Lipinski definition) is 1. The molecule has 3 nitrogen and oxygen atoms in total. The van der Waals surface area contributed by atoms with Gasteiger partial charge in [0.1, 0.15) is 0 Å². The van der Waals surface area contributed by atoms with Crippen LogP contribution < -0.4 is 0 Å². The average molecular weight is 228 g/mol. The van der Waals surface area contributed by atoms with Crippen LogP contribution in [0.5, 0.6) is 0 Å². The van der Waals surface area contributed by atoms with E-state index in [0.717, 1.165) is 5.69 Å². The van der Waals surface area contributed by atoms with Crippen molar-refractivity contribution >= 4 is 0 Å². The Morgan fingerprint density at radius 3 is 1.88 bits per heavy atom. The van der Waals surface area contributed by atoms with E-state index < -0.39 is 5.60 Å². The second kappa shape index (κ2) is 8.34. The van der Waals surface area contributed by atoms with Crippen molar-refractivity contribution in [2.75, 3.05) is 0 Å². The van der Waals surface area contributed by atoms with Crippen molar-refractivity contribution in [2.24, 2.45) is 0 Å². The quantitative estimate of drug-likeness (QED) is 0.843. The minimum absolute atomic E-state index is 0.548. The van der Waals surface area contributed by atoms with Crippen LogP contribution in [0.2, 0.25) is 0 Å². The maximum Gasteiger partial charge on any atom is 0.0786 e. The molecule has 0 aliphatic carbocycles. The highest BCUT2D eigenvalue weighted by Gasteiger charge is 2.15. The van der Waals surface area contributed by atoms with Crippen LogP contribution >= 0.6 is 0 Å². The van der Waals surface area contributed by atoms with Crippen molar-refractivity contribution in [3.8, 4) is 0 Å². The van der Waals surface area contributed by atoms with Crippen LogP contribution in [0.15, 0.2) is 6.20 Å². The van der Waals surface area contributed by atoms with E-state index in [1.807, 2.05) is 52.4 Å². The van der Waals surface area contributed by atoms with Crippen LogP contribution in [-0.4, -0.2) is 20.5 Å². The Bertz CT molecular complexity index is 272. The Hall–Kier alpha value is -0.830. The summed E-state index contributed by atoms with van der Waals surface area (Å²) >= 11 is 0. The Labute approximate surface area is 100 Å². The van der Waals surface area contributed by atoms with Crippen molar-refractivity contribution in [3.05, 3.63) is 17.5 Å². The zero-order chi connectivity index (χ0) is 13.4. The SMILES string of the molecule is CC.CC.Cc1cnn(CC(C)(C)O)c1C. The van der Waals surface area contributed by atoms with E-state index in [2.05, 4.69) is 5.10 Å². The number of aryl methyl sites for hydroxylation is 1. The van der Waals surface area contributed by atoms with E-state index in [1.54, 1.807) is 13.8 Å². The highest BCUT2D eigenvalue weighted by atomic mass is 16.3. The third-order valence-corrected chi connectivity index (χ3v) is 1.89. The lowest BCUT2D eigenvalue weighted by atomic mass is 10.1. The molecule has 96 valence electrons. The van der Waals surface area contributed by atoms with E-state index in [1.165, 1.54) is 5.56 Å². The minimum atomic E-state index is -0.691. The third-order valence-electron chi connectivity index (χ3n) is 1.89. The molecule has 1 heterocycles. The van der Waals surface area contributed by atoms with Crippen molar-refractivity contribution in [2.45, 2.75) is 67.5 Å². The average Bonchev–Trinajstić information content (AvgIpc) is 2.54. The molecule has 0 fully saturated rings. The lowest BCUT2D eigenvalue weighted by Gasteiger charge is -2.17. The van der Waals surface area contributed by atoms with E-state index in [-0.39, 0.29) is 0 Å². The molecule has 0 aliphatic heterocycles. The molecule has 1 aromatic heterocycles. The number of nitrogens with zero attached hydrogens (tertiary/aromatic N) is 2. The molecule has 1 aromatic rings. The highest BCUT2D eigenvalue weighted by Crippen LogP contribution is 2.10. The molecular formula is C13H28N2O. The summed E-state index contributed by atoms with van der Waals surface area (Å²) < 4.78 is 1.83. The summed E-state index contributed by atoms with van der Waals surface area (Å²) in [5, 5.41) is 13.7. The molecule has 3 heteroatoms.